The highest BCUT2D eigenvalue weighted by Crippen LogP contribution is 2.44. The number of hydrogen-bond acceptors (Lipinski definition) is 7. The van der Waals surface area contributed by atoms with Crippen molar-refractivity contribution in [1.82, 2.24) is 4.98 Å². The van der Waals surface area contributed by atoms with Crippen LogP contribution in [0.3, 0.4) is 0 Å². The molecule has 2 aromatic carbocycles. The second-order valence-corrected chi connectivity index (χ2v) is 13.3. The van der Waals surface area contributed by atoms with Crippen molar-refractivity contribution < 1.29 is 23.7 Å². The van der Waals surface area contributed by atoms with Gasteiger partial charge in [0.25, 0.3) is 0 Å². The van der Waals surface area contributed by atoms with Gasteiger partial charge in [0.2, 0.25) is 0 Å². The van der Waals surface area contributed by atoms with Crippen LogP contribution in [0, 0.1) is 13.8 Å². The van der Waals surface area contributed by atoms with Crippen LogP contribution in [0.1, 0.15) is 82.5 Å². The summed E-state index contributed by atoms with van der Waals surface area (Å²) >= 11 is 0. The van der Waals surface area contributed by atoms with Gasteiger partial charge in [-0.1, -0.05) is 60.7 Å². The van der Waals surface area contributed by atoms with Crippen LogP contribution >= 0.6 is 0 Å². The van der Waals surface area contributed by atoms with Crippen LogP contribution in [0.25, 0.3) is 17.2 Å². The third-order valence-corrected chi connectivity index (χ3v) is 8.31. The molecule has 0 radical (unpaired) electrons. The zero-order chi connectivity index (χ0) is 34.0. The molecular weight excluding hydrogens is 588 g/mol. The van der Waals surface area contributed by atoms with Gasteiger partial charge < -0.3 is 23.8 Å². The standard InChI is InChI=1S/C40H52N2O5/c1-9-27-46-40(8)23-25-42(26-24-40)36-34(29(3)41-30(4)35(36)37(38(43)44-10-2)47-39(5,6)7)32-19-21-33(22-20-32)45-28-15-14-18-31-16-12-11-13-17-31/h9,11-14,16-22,37H,1,10,15,23-28H2,2-8H3. The third kappa shape index (κ3) is 9.78. The highest BCUT2D eigenvalue weighted by atomic mass is 16.6. The summed E-state index contributed by atoms with van der Waals surface area (Å²) in [6, 6.07) is 18.4. The zero-order valence-corrected chi connectivity index (χ0v) is 29.3. The molecule has 252 valence electrons. The second-order valence-electron chi connectivity index (χ2n) is 13.3. The number of piperidine rings is 1. The number of aromatic nitrogens is 1. The van der Waals surface area contributed by atoms with Crippen LogP contribution in [-0.2, 0) is 19.0 Å². The first-order chi connectivity index (χ1) is 22.4. The van der Waals surface area contributed by atoms with Gasteiger partial charge in [0, 0.05) is 35.6 Å². The van der Waals surface area contributed by atoms with Crippen molar-refractivity contribution in [1.29, 1.82) is 0 Å². The SMILES string of the molecule is C=CCOC1(C)CCN(c2c(-c3ccc(OCCC=Cc4ccccc4)cc3)c(C)nc(C)c2C(OC(C)(C)C)C(=O)OCC)CC1. The number of benzene rings is 2. The van der Waals surface area contributed by atoms with Gasteiger partial charge in [0.1, 0.15) is 5.75 Å². The van der Waals surface area contributed by atoms with Crippen LogP contribution in [0.15, 0.2) is 73.3 Å². The van der Waals surface area contributed by atoms with Gasteiger partial charge in [-0.25, -0.2) is 4.79 Å². The molecule has 0 spiro atoms. The van der Waals surface area contributed by atoms with Crippen molar-refractivity contribution in [2.45, 2.75) is 85.0 Å². The molecule has 0 N–H and O–H groups in total. The van der Waals surface area contributed by atoms with Crippen molar-refractivity contribution in [2.24, 2.45) is 0 Å². The molecule has 1 unspecified atom stereocenters. The first kappa shape index (κ1) is 35.9. The predicted molar refractivity (Wildman–Crippen MR) is 191 cm³/mol. The molecule has 47 heavy (non-hydrogen) atoms. The lowest BCUT2D eigenvalue weighted by Gasteiger charge is -2.42. The smallest absolute Gasteiger partial charge is 0.340 e. The van der Waals surface area contributed by atoms with Crippen LogP contribution in [0.5, 0.6) is 5.75 Å². The molecule has 4 rings (SSSR count). The number of carbonyl (C=O) groups excluding carboxylic acids is 1. The van der Waals surface area contributed by atoms with Crippen molar-refractivity contribution in [3.8, 4) is 16.9 Å². The second kappa shape index (κ2) is 16.2. The number of esters is 1. The normalized spacial score (nSPS) is 15.4. The summed E-state index contributed by atoms with van der Waals surface area (Å²) in [6.07, 6.45) is 7.56. The maximum atomic E-state index is 13.6. The summed E-state index contributed by atoms with van der Waals surface area (Å²) < 4.78 is 24.3. The molecule has 3 aromatic rings. The first-order valence-corrected chi connectivity index (χ1v) is 16.7. The maximum absolute atomic E-state index is 13.6. The van der Waals surface area contributed by atoms with E-state index in [4.69, 9.17) is 23.9 Å². The van der Waals surface area contributed by atoms with E-state index >= 15 is 0 Å². The lowest BCUT2D eigenvalue weighted by molar-refractivity contribution is -0.166. The average Bonchev–Trinajstić information content (AvgIpc) is 3.03. The number of aryl methyl sites for hydroxylation is 2. The largest absolute Gasteiger partial charge is 0.493 e. The van der Waals surface area contributed by atoms with Crippen LogP contribution in [0.4, 0.5) is 5.69 Å². The van der Waals surface area contributed by atoms with Crippen molar-refractivity contribution in [3.63, 3.8) is 0 Å². The lowest BCUT2D eigenvalue weighted by Crippen LogP contribution is -2.45. The van der Waals surface area contributed by atoms with E-state index in [1.165, 1.54) is 5.56 Å². The van der Waals surface area contributed by atoms with Crippen molar-refractivity contribution in [3.05, 3.63) is 95.8 Å². The highest BCUT2D eigenvalue weighted by Gasteiger charge is 2.38. The molecule has 2 heterocycles. The minimum Gasteiger partial charge on any atom is -0.493 e. The van der Waals surface area contributed by atoms with Gasteiger partial charge in [-0.15, -0.1) is 6.58 Å². The van der Waals surface area contributed by atoms with Crippen LogP contribution < -0.4 is 9.64 Å². The summed E-state index contributed by atoms with van der Waals surface area (Å²) in [7, 11) is 0. The number of pyridine rings is 1. The highest BCUT2D eigenvalue weighted by molar-refractivity contribution is 5.88. The Hall–Kier alpha value is -3.94. The Morgan fingerprint density at radius 3 is 2.34 bits per heavy atom. The molecule has 1 aromatic heterocycles. The third-order valence-electron chi connectivity index (χ3n) is 8.31. The van der Waals surface area contributed by atoms with Gasteiger partial charge in [-0.2, -0.15) is 0 Å². The Kier molecular flexibility index (Phi) is 12.4. The van der Waals surface area contributed by atoms with E-state index in [0.717, 1.165) is 71.9 Å². The van der Waals surface area contributed by atoms with Crippen molar-refractivity contribution in [2.75, 3.05) is 37.8 Å². The molecular formula is C40H52N2O5. The number of nitrogens with zero attached hydrogens (tertiary/aromatic N) is 2. The number of carbonyl (C=O) groups is 1. The molecule has 7 nitrogen and oxygen atoms in total. The summed E-state index contributed by atoms with van der Waals surface area (Å²) in [5.41, 5.74) is 5.65. The molecule has 1 aliphatic heterocycles. The minimum absolute atomic E-state index is 0.250. The van der Waals surface area contributed by atoms with Crippen LogP contribution in [-0.4, -0.2) is 55.1 Å². The predicted octanol–water partition coefficient (Wildman–Crippen LogP) is 8.83. The van der Waals surface area contributed by atoms with E-state index in [2.05, 4.69) is 54.8 Å². The summed E-state index contributed by atoms with van der Waals surface area (Å²) in [5.74, 6) is 0.388. The molecule has 0 bridgehead atoms. The number of ether oxygens (including phenoxy) is 4. The quantitative estimate of drug-likeness (QED) is 0.0991. The number of rotatable bonds is 14. The van der Waals surface area contributed by atoms with E-state index in [9.17, 15) is 4.79 Å². The topological polar surface area (TPSA) is 70.1 Å². The van der Waals surface area contributed by atoms with E-state index in [1.54, 1.807) is 6.08 Å². The summed E-state index contributed by atoms with van der Waals surface area (Å²) in [4.78, 5) is 21.0. The van der Waals surface area contributed by atoms with E-state index in [0.29, 0.717) is 13.2 Å². The van der Waals surface area contributed by atoms with Crippen molar-refractivity contribution >= 4 is 17.7 Å². The Morgan fingerprint density at radius 1 is 1.04 bits per heavy atom. The molecule has 1 aliphatic rings. The molecule has 0 saturated carbocycles. The van der Waals surface area contributed by atoms with Gasteiger partial charge >= 0.3 is 5.97 Å². The Labute approximate surface area is 281 Å². The monoisotopic (exact) mass is 640 g/mol. The first-order valence-electron chi connectivity index (χ1n) is 16.7. The fourth-order valence-electron chi connectivity index (χ4n) is 5.98. The maximum Gasteiger partial charge on any atom is 0.340 e. The summed E-state index contributed by atoms with van der Waals surface area (Å²) in [6.45, 7) is 20.5. The summed E-state index contributed by atoms with van der Waals surface area (Å²) in [5, 5.41) is 0. The van der Waals surface area contributed by atoms with Gasteiger partial charge in [-0.05, 0) is 91.0 Å². The molecule has 1 atom stereocenters. The van der Waals surface area contributed by atoms with E-state index in [-0.39, 0.29) is 12.2 Å². The number of hydrogen-bond donors (Lipinski definition) is 0. The Bertz CT molecular complexity index is 1500. The fraction of sp³-hybridized carbons (Fsp3) is 0.450. The number of anilines is 1. The average molecular weight is 641 g/mol. The fourth-order valence-corrected chi connectivity index (χ4v) is 5.98. The Morgan fingerprint density at radius 2 is 1.72 bits per heavy atom. The molecule has 7 heteroatoms. The minimum atomic E-state index is -0.936. The van der Waals surface area contributed by atoms with E-state index < -0.39 is 17.7 Å². The van der Waals surface area contributed by atoms with Crippen LogP contribution in [0.2, 0.25) is 0 Å². The molecule has 1 fully saturated rings. The van der Waals surface area contributed by atoms with Gasteiger partial charge in [0.15, 0.2) is 6.10 Å². The molecule has 1 saturated heterocycles. The Balaban J connectivity index is 1.70. The molecule has 0 aliphatic carbocycles. The van der Waals surface area contributed by atoms with E-state index in [1.807, 2.05) is 71.9 Å². The van der Waals surface area contributed by atoms with Gasteiger partial charge in [-0.3, -0.25) is 4.98 Å². The van der Waals surface area contributed by atoms with Gasteiger partial charge in [0.05, 0.1) is 36.7 Å². The molecule has 0 amide bonds. The lowest BCUT2D eigenvalue weighted by atomic mass is 9.89. The zero-order valence-electron chi connectivity index (χ0n) is 29.3.